The molecule has 4 aliphatic heterocycles. The Hall–Kier alpha value is -0.680. The third-order valence-electron chi connectivity index (χ3n) is 7.35. The number of fused-ring (bicyclic) bond motifs is 1. The Balaban J connectivity index is 1.90. The molecule has 6 atom stereocenters. The van der Waals surface area contributed by atoms with Crippen molar-refractivity contribution < 1.29 is 19.7 Å². The van der Waals surface area contributed by atoms with Crippen molar-refractivity contribution in [1.82, 2.24) is 0 Å². The van der Waals surface area contributed by atoms with Crippen LogP contribution < -0.4 is 0 Å². The third-order valence-corrected chi connectivity index (χ3v) is 7.35. The van der Waals surface area contributed by atoms with Crippen molar-refractivity contribution in [3.05, 3.63) is 22.8 Å². The third kappa shape index (κ3) is 2.06. The minimum atomic E-state index is -1.58. The molecule has 1 saturated heterocycles. The van der Waals surface area contributed by atoms with Crippen LogP contribution in [0, 0.1) is 11.3 Å². The van der Waals surface area contributed by atoms with Gasteiger partial charge in [0.15, 0.2) is 0 Å². The molecule has 4 heterocycles. The first-order valence-corrected chi connectivity index (χ1v) is 9.32. The van der Waals surface area contributed by atoms with Crippen LogP contribution in [-0.4, -0.2) is 40.4 Å². The molecule has 1 fully saturated rings. The average Bonchev–Trinajstić information content (AvgIpc) is 2.88. The second-order valence-corrected chi connectivity index (χ2v) is 8.84. The molecular formula is C20H30O4. The molecule has 6 aliphatic rings. The van der Waals surface area contributed by atoms with Gasteiger partial charge < -0.3 is 19.7 Å². The molecule has 2 N–H and O–H groups in total. The Morgan fingerprint density at radius 3 is 2.75 bits per heavy atom. The average molecular weight is 334 g/mol. The Morgan fingerprint density at radius 1 is 1.25 bits per heavy atom. The van der Waals surface area contributed by atoms with Gasteiger partial charge in [-0.05, 0) is 62.9 Å². The first kappa shape index (κ1) is 16.8. The number of hydrogen-bond donors (Lipinski definition) is 2. The summed E-state index contributed by atoms with van der Waals surface area (Å²) >= 11 is 0. The lowest BCUT2D eigenvalue weighted by atomic mass is 9.60. The van der Waals surface area contributed by atoms with E-state index in [0.717, 1.165) is 31.3 Å². The zero-order valence-corrected chi connectivity index (χ0v) is 15.3. The molecule has 0 radical (unpaired) electrons. The van der Waals surface area contributed by atoms with Gasteiger partial charge in [-0.3, -0.25) is 0 Å². The van der Waals surface area contributed by atoms with Crippen LogP contribution in [0.1, 0.15) is 59.8 Å². The summed E-state index contributed by atoms with van der Waals surface area (Å²) in [6, 6.07) is 0. The molecule has 2 aliphatic carbocycles. The number of aliphatic hydroxyl groups is 2. The normalized spacial score (nSPS) is 53.6. The maximum Gasteiger partial charge on any atom is 0.221 e. The quantitative estimate of drug-likeness (QED) is 0.669. The minimum absolute atomic E-state index is 0.0125. The fraction of sp³-hybridized carbons (Fsp3) is 0.800. The first-order valence-electron chi connectivity index (χ1n) is 9.32. The first-order chi connectivity index (χ1) is 11.2. The molecule has 0 aromatic carbocycles. The molecule has 0 unspecified atom stereocenters. The van der Waals surface area contributed by atoms with E-state index >= 15 is 0 Å². The zero-order chi connectivity index (χ0) is 17.3. The Kier molecular flexibility index (Phi) is 3.61. The summed E-state index contributed by atoms with van der Waals surface area (Å²) < 4.78 is 12.3. The molecule has 0 saturated carbocycles. The van der Waals surface area contributed by atoms with Crippen LogP contribution in [-0.2, 0) is 9.47 Å². The standard InChI is InChI=1S/C20H30O4/c1-12-6-5-8-19(4)17(21)20(22)16-14(11-23-20)18(3,9-7-12)13(2)10-15(16)24-19/h6,13,15,17,21-22H,5,7-11H2,1-4H3/b12-6-/t13-,15-,17+,18+,19+,20+/m0/s1. The van der Waals surface area contributed by atoms with Crippen molar-refractivity contribution in [3.8, 4) is 0 Å². The highest BCUT2D eigenvalue weighted by Gasteiger charge is 2.64. The van der Waals surface area contributed by atoms with Gasteiger partial charge in [0.25, 0.3) is 0 Å². The fourth-order valence-electron chi connectivity index (χ4n) is 5.34. The highest BCUT2D eigenvalue weighted by atomic mass is 16.7. The minimum Gasteiger partial charge on any atom is -0.384 e. The summed E-state index contributed by atoms with van der Waals surface area (Å²) in [5, 5.41) is 22.3. The van der Waals surface area contributed by atoms with Gasteiger partial charge in [-0.1, -0.05) is 25.5 Å². The van der Waals surface area contributed by atoms with E-state index in [-0.39, 0.29) is 11.5 Å². The van der Waals surface area contributed by atoms with Crippen LogP contribution in [0.25, 0.3) is 0 Å². The van der Waals surface area contributed by atoms with E-state index in [0.29, 0.717) is 18.9 Å². The van der Waals surface area contributed by atoms with Crippen LogP contribution in [0.3, 0.4) is 0 Å². The Morgan fingerprint density at radius 2 is 2.00 bits per heavy atom. The van der Waals surface area contributed by atoms with Crippen molar-refractivity contribution in [2.75, 3.05) is 6.61 Å². The molecule has 24 heavy (non-hydrogen) atoms. The molecular weight excluding hydrogens is 304 g/mol. The van der Waals surface area contributed by atoms with E-state index in [1.807, 2.05) is 6.92 Å². The van der Waals surface area contributed by atoms with Crippen LogP contribution in [0.15, 0.2) is 22.8 Å². The lowest BCUT2D eigenvalue weighted by Gasteiger charge is -2.54. The fourth-order valence-corrected chi connectivity index (χ4v) is 5.34. The van der Waals surface area contributed by atoms with Crippen molar-refractivity contribution in [2.24, 2.45) is 11.3 Å². The van der Waals surface area contributed by atoms with E-state index in [1.165, 1.54) is 11.1 Å². The van der Waals surface area contributed by atoms with Gasteiger partial charge in [-0.15, -0.1) is 0 Å². The van der Waals surface area contributed by atoms with Crippen molar-refractivity contribution in [3.63, 3.8) is 0 Å². The van der Waals surface area contributed by atoms with Gasteiger partial charge in [0.2, 0.25) is 5.79 Å². The van der Waals surface area contributed by atoms with Crippen molar-refractivity contribution >= 4 is 0 Å². The van der Waals surface area contributed by atoms with Crippen LogP contribution in [0.5, 0.6) is 0 Å². The molecule has 6 bridgehead atoms. The lowest BCUT2D eigenvalue weighted by molar-refractivity contribution is -0.304. The number of rotatable bonds is 0. The largest absolute Gasteiger partial charge is 0.384 e. The second-order valence-electron chi connectivity index (χ2n) is 8.84. The molecule has 134 valence electrons. The van der Waals surface area contributed by atoms with Crippen LogP contribution in [0.2, 0.25) is 0 Å². The van der Waals surface area contributed by atoms with Crippen molar-refractivity contribution in [1.29, 1.82) is 0 Å². The molecule has 6 rings (SSSR count). The van der Waals surface area contributed by atoms with Gasteiger partial charge >= 0.3 is 0 Å². The zero-order valence-electron chi connectivity index (χ0n) is 15.3. The van der Waals surface area contributed by atoms with Gasteiger partial charge in [0.05, 0.1) is 18.3 Å². The Bertz CT molecular complexity index is 623. The number of aliphatic hydroxyl groups excluding tert-OH is 1. The van der Waals surface area contributed by atoms with Gasteiger partial charge in [0, 0.05) is 5.57 Å². The topological polar surface area (TPSA) is 58.9 Å². The Labute approximate surface area is 144 Å². The molecule has 0 amide bonds. The van der Waals surface area contributed by atoms with E-state index in [2.05, 4.69) is 26.8 Å². The summed E-state index contributed by atoms with van der Waals surface area (Å²) in [6.07, 6.45) is 5.60. The molecule has 0 aromatic heterocycles. The van der Waals surface area contributed by atoms with Crippen LogP contribution in [0.4, 0.5) is 0 Å². The summed E-state index contributed by atoms with van der Waals surface area (Å²) in [4.78, 5) is 0. The summed E-state index contributed by atoms with van der Waals surface area (Å²) in [5.74, 6) is -1.12. The highest BCUT2D eigenvalue weighted by molar-refractivity contribution is 5.41. The summed E-state index contributed by atoms with van der Waals surface area (Å²) in [6.45, 7) is 9.11. The maximum atomic E-state index is 11.3. The second kappa shape index (κ2) is 5.16. The predicted molar refractivity (Wildman–Crippen MR) is 91.3 cm³/mol. The van der Waals surface area contributed by atoms with E-state index in [1.54, 1.807) is 0 Å². The van der Waals surface area contributed by atoms with E-state index in [9.17, 15) is 10.2 Å². The number of ether oxygens (including phenoxy) is 2. The van der Waals surface area contributed by atoms with Crippen LogP contribution >= 0.6 is 0 Å². The molecule has 0 aromatic rings. The van der Waals surface area contributed by atoms with Gasteiger partial charge in [-0.25, -0.2) is 0 Å². The molecule has 4 heteroatoms. The summed E-state index contributed by atoms with van der Waals surface area (Å²) in [5.41, 5.74) is 2.60. The molecule has 4 nitrogen and oxygen atoms in total. The number of hydrogen-bond acceptors (Lipinski definition) is 4. The smallest absolute Gasteiger partial charge is 0.221 e. The summed E-state index contributed by atoms with van der Waals surface area (Å²) in [7, 11) is 0. The highest BCUT2D eigenvalue weighted by Crippen LogP contribution is 2.58. The molecule has 0 spiro atoms. The van der Waals surface area contributed by atoms with Gasteiger partial charge in [-0.2, -0.15) is 0 Å². The SMILES string of the molecule is C/C1=C/CC[C@@]2(C)O[C@H]3C[C@H](C)[C@@](C)(CC1)C1=C3[C@@](O)(OC1)[C@@H]2O. The van der Waals surface area contributed by atoms with E-state index < -0.39 is 17.5 Å². The van der Waals surface area contributed by atoms with Gasteiger partial charge in [0.1, 0.15) is 6.10 Å². The monoisotopic (exact) mass is 334 g/mol. The van der Waals surface area contributed by atoms with E-state index in [4.69, 9.17) is 9.47 Å². The maximum absolute atomic E-state index is 11.3. The predicted octanol–water partition coefficient (Wildman–Crippen LogP) is 3.09. The number of allylic oxidation sites excluding steroid dienone is 2. The lowest BCUT2D eigenvalue weighted by Crippen LogP contribution is -2.65. The van der Waals surface area contributed by atoms with Crippen molar-refractivity contribution in [2.45, 2.75) is 83.4 Å².